The second-order valence-electron chi connectivity index (χ2n) is 5.42. The van der Waals surface area contributed by atoms with Gasteiger partial charge in [0.1, 0.15) is 0 Å². The third kappa shape index (κ3) is 2.73. The molecule has 0 bridgehead atoms. The van der Waals surface area contributed by atoms with Crippen molar-refractivity contribution in [1.82, 2.24) is 0 Å². The number of nitrogens with two attached hydrogens (primary N) is 1. The topological polar surface area (TPSA) is 35.2 Å². The SMILES string of the molecule is NC(CC1CCOCC1)C1Cc2ccccc2S1. The summed E-state index contributed by atoms with van der Waals surface area (Å²) in [4.78, 5) is 1.44. The smallest absolute Gasteiger partial charge is 0.0468 e. The van der Waals surface area contributed by atoms with Crippen molar-refractivity contribution in [3.8, 4) is 0 Å². The van der Waals surface area contributed by atoms with Crippen molar-refractivity contribution >= 4 is 11.8 Å². The van der Waals surface area contributed by atoms with E-state index in [9.17, 15) is 0 Å². The van der Waals surface area contributed by atoms with Crippen LogP contribution in [0, 0.1) is 5.92 Å². The molecule has 0 spiro atoms. The molecule has 2 atom stereocenters. The van der Waals surface area contributed by atoms with Gasteiger partial charge >= 0.3 is 0 Å². The fourth-order valence-electron chi connectivity index (χ4n) is 2.97. The average Bonchev–Trinajstić information content (AvgIpc) is 2.84. The highest BCUT2D eigenvalue weighted by Crippen LogP contribution is 2.39. The van der Waals surface area contributed by atoms with Gasteiger partial charge in [0.05, 0.1) is 0 Å². The summed E-state index contributed by atoms with van der Waals surface area (Å²) in [5.74, 6) is 0.776. The molecular formula is C15H21NOS. The van der Waals surface area contributed by atoms with Gasteiger partial charge in [-0.2, -0.15) is 0 Å². The fraction of sp³-hybridized carbons (Fsp3) is 0.600. The Labute approximate surface area is 113 Å². The lowest BCUT2D eigenvalue weighted by Crippen LogP contribution is -2.35. The maximum absolute atomic E-state index is 6.43. The molecule has 0 saturated carbocycles. The van der Waals surface area contributed by atoms with Crippen molar-refractivity contribution in [1.29, 1.82) is 0 Å². The van der Waals surface area contributed by atoms with Crippen molar-refractivity contribution in [3.63, 3.8) is 0 Å². The van der Waals surface area contributed by atoms with Crippen LogP contribution >= 0.6 is 11.8 Å². The van der Waals surface area contributed by atoms with Crippen molar-refractivity contribution in [2.24, 2.45) is 11.7 Å². The Morgan fingerprint density at radius 3 is 2.83 bits per heavy atom. The third-order valence-corrected chi connectivity index (χ3v) is 5.57. The van der Waals surface area contributed by atoms with Crippen molar-refractivity contribution in [2.75, 3.05) is 13.2 Å². The Balaban J connectivity index is 1.56. The largest absolute Gasteiger partial charge is 0.381 e. The summed E-state index contributed by atoms with van der Waals surface area (Å²) in [6.45, 7) is 1.85. The Bertz CT molecular complexity index is 378. The summed E-state index contributed by atoms with van der Waals surface area (Å²) in [5, 5.41) is 0.574. The van der Waals surface area contributed by atoms with Gasteiger partial charge in [-0.15, -0.1) is 11.8 Å². The molecule has 0 aromatic heterocycles. The van der Waals surface area contributed by atoms with Gasteiger partial charge in [-0.3, -0.25) is 0 Å². The number of ether oxygens (including phenoxy) is 1. The average molecular weight is 263 g/mol. The highest BCUT2D eigenvalue weighted by molar-refractivity contribution is 8.00. The Kier molecular flexibility index (Phi) is 3.92. The van der Waals surface area contributed by atoms with Gasteiger partial charge in [0, 0.05) is 29.4 Å². The Morgan fingerprint density at radius 2 is 2.06 bits per heavy atom. The van der Waals surface area contributed by atoms with Crippen LogP contribution < -0.4 is 5.73 Å². The molecule has 1 fully saturated rings. The van der Waals surface area contributed by atoms with E-state index in [-0.39, 0.29) is 0 Å². The van der Waals surface area contributed by atoms with Gasteiger partial charge in [0.2, 0.25) is 0 Å². The number of fused-ring (bicyclic) bond motifs is 1. The van der Waals surface area contributed by atoms with Gasteiger partial charge < -0.3 is 10.5 Å². The summed E-state index contributed by atoms with van der Waals surface area (Å²) in [5.41, 5.74) is 7.91. The molecule has 3 rings (SSSR count). The van der Waals surface area contributed by atoms with Crippen LogP contribution in [0.2, 0.25) is 0 Å². The van der Waals surface area contributed by atoms with Crippen LogP contribution in [0.25, 0.3) is 0 Å². The van der Waals surface area contributed by atoms with Crippen LogP contribution in [0.3, 0.4) is 0 Å². The van der Waals surface area contributed by atoms with E-state index >= 15 is 0 Å². The van der Waals surface area contributed by atoms with E-state index < -0.39 is 0 Å². The Morgan fingerprint density at radius 1 is 1.28 bits per heavy atom. The first-order valence-electron chi connectivity index (χ1n) is 6.91. The summed E-state index contributed by atoms with van der Waals surface area (Å²) in [6, 6.07) is 9.04. The van der Waals surface area contributed by atoms with E-state index in [1.54, 1.807) is 0 Å². The van der Waals surface area contributed by atoms with Gasteiger partial charge in [-0.05, 0) is 43.2 Å². The van der Waals surface area contributed by atoms with E-state index in [0.717, 1.165) is 32.0 Å². The van der Waals surface area contributed by atoms with Gasteiger partial charge in [0.15, 0.2) is 0 Å². The first kappa shape index (κ1) is 12.5. The van der Waals surface area contributed by atoms with Crippen molar-refractivity contribution in [3.05, 3.63) is 29.8 Å². The van der Waals surface area contributed by atoms with Crippen molar-refractivity contribution in [2.45, 2.75) is 41.9 Å². The zero-order valence-corrected chi connectivity index (χ0v) is 11.5. The molecule has 0 aliphatic carbocycles. The van der Waals surface area contributed by atoms with E-state index in [4.69, 9.17) is 10.5 Å². The maximum Gasteiger partial charge on any atom is 0.0468 e. The number of rotatable bonds is 3. The quantitative estimate of drug-likeness (QED) is 0.911. The van der Waals surface area contributed by atoms with Crippen LogP contribution in [-0.4, -0.2) is 24.5 Å². The standard InChI is InChI=1S/C15H21NOS/c16-13(9-11-5-7-17-8-6-11)15-10-12-3-1-2-4-14(12)18-15/h1-4,11,13,15H,5-10,16H2. The van der Waals surface area contributed by atoms with E-state index in [0.29, 0.717) is 11.3 Å². The molecule has 2 aliphatic rings. The summed E-state index contributed by atoms with van der Waals surface area (Å²) in [7, 11) is 0. The normalized spacial score (nSPS) is 25.9. The lowest BCUT2D eigenvalue weighted by atomic mass is 9.90. The minimum absolute atomic E-state index is 0.325. The van der Waals surface area contributed by atoms with Gasteiger partial charge in [-0.1, -0.05) is 18.2 Å². The monoisotopic (exact) mass is 263 g/mol. The molecule has 3 heteroatoms. The van der Waals surface area contributed by atoms with E-state index in [1.807, 2.05) is 11.8 Å². The molecule has 0 amide bonds. The predicted octanol–water partition coefficient (Wildman–Crippen LogP) is 2.85. The molecular weight excluding hydrogens is 242 g/mol. The number of hydrogen-bond donors (Lipinski definition) is 1. The molecule has 2 unspecified atom stereocenters. The van der Waals surface area contributed by atoms with Crippen LogP contribution in [0.5, 0.6) is 0 Å². The second kappa shape index (κ2) is 5.64. The highest BCUT2D eigenvalue weighted by Gasteiger charge is 2.29. The van der Waals surface area contributed by atoms with Crippen molar-refractivity contribution < 1.29 is 4.74 Å². The number of thioether (sulfide) groups is 1. The molecule has 1 saturated heterocycles. The second-order valence-corrected chi connectivity index (χ2v) is 6.70. The molecule has 2 nitrogen and oxygen atoms in total. The lowest BCUT2D eigenvalue weighted by Gasteiger charge is -2.27. The summed E-state index contributed by atoms with van der Waals surface area (Å²) < 4.78 is 5.41. The van der Waals surface area contributed by atoms with Crippen LogP contribution in [0.15, 0.2) is 29.2 Å². The first-order chi connectivity index (χ1) is 8.83. The minimum atomic E-state index is 0.325. The zero-order chi connectivity index (χ0) is 12.4. The van der Waals surface area contributed by atoms with E-state index in [2.05, 4.69) is 24.3 Å². The zero-order valence-electron chi connectivity index (χ0n) is 10.7. The molecule has 0 radical (unpaired) electrons. The van der Waals surface area contributed by atoms with Crippen LogP contribution in [-0.2, 0) is 11.2 Å². The number of hydrogen-bond acceptors (Lipinski definition) is 3. The summed E-state index contributed by atoms with van der Waals surface area (Å²) >= 11 is 1.98. The summed E-state index contributed by atoms with van der Waals surface area (Å²) in [6.07, 6.45) is 4.69. The molecule has 2 N–H and O–H groups in total. The molecule has 1 aromatic carbocycles. The Hall–Kier alpha value is -0.510. The third-order valence-electron chi connectivity index (χ3n) is 4.10. The molecule has 1 aromatic rings. The minimum Gasteiger partial charge on any atom is -0.381 e. The number of benzene rings is 1. The lowest BCUT2D eigenvalue weighted by molar-refractivity contribution is 0.0618. The maximum atomic E-state index is 6.43. The van der Waals surface area contributed by atoms with Gasteiger partial charge in [-0.25, -0.2) is 0 Å². The van der Waals surface area contributed by atoms with E-state index in [1.165, 1.54) is 23.3 Å². The van der Waals surface area contributed by atoms with Gasteiger partial charge in [0.25, 0.3) is 0 Å². The molecule has 18 heavy (non-hydrogen) atoms. The first-order valence-corrected chi connectivity index (χ1v) is 7.79. The highest BCUT2D eigenvalue weighted by atomic mass is 32.2. The molecule has 98 valence electrons. The fourth-order valence-corrected chi connectivity index (χ4v) is 4.30. The van der Waals surface area contributed by atoms with Crippen LogP contribution in [0.4, 0.5) is 0 Å². The molecule has 2 aliphatic heterocycles. The molecule has 2 heterocycles. The predicted molar refractivity (Wildman–Crippen MR) is 75.9 cm³/mol. The van der Waals surface area contributed by atoms with Crippen LogP contribution in [0.1, 0.15) is 24.8 Å².